The summed E-state index contributed by atoms with van der Waals surface area (Å²) in [6.07, 6.45) is 5.79. The Balaban J connectivity index is 1.83. The van der Waals surface area contributed by atoms with Crippen molar-refractivity contribution in [1.29, 1.82) is 0 Å². The van der Waals surface area contributed by atoms with E-state index in [4.69, 9.17) is 9.94 Å². The van der Waals surface area contributed by atoms with Gasteiger partial charge in [0, 0.05) is 18.9 Å². The summed E-state index contributed by atoms with van der Waals surface area (Å²) >= 11 is 0. The molecule has 0 aliphatic carbocycles. The Morgan fingerprint density at radius 3 is 2.41 bits per heavy atom. The highest BCUT2D eigenvalue weighted by molar-refractivity contribution is 7.89. The first kappa shape index (κ1) is 19.3. The lowest BCUT2D eigenvalue weighted by Gasteiger charge is -2.27. The quantitative estimate of drug-likeness (QED) is 0.598. The number of amides is 1. The van der Waals surface area contributed by atoms with E-state index in [9.17, 15) is 13.2 Å². The Morgan fingerprint density at radius 1 is 1.07 bits per heavy atom. The predicted molar refractivity (Wildman–Crippen MR) is 96.8 cm³/mol. The van der Waals surface area contributed by atoms with E-state index in [1.165, 1.54) is 16.4 Å². The maximum absolute atomic E-state index is 13.1. The zero-order valence-electron chi connectivity index (χ0n) is 14.6. The highest BCUT2D eigenvalue weighted by atomic mass is 32.2. The molecule has 8 nitrogen and oxygen atoms in total. The van der Waals surface area contributed by atoms with Crippen molar-refractivity contribution in [3.63, 3.8) is 0 Å². The molecule has 0 saturated carbocycles. The van der Waals surface area contributed by atoms with Crippen molar-refractivity contribution in [3.8, 4) is 11.5 Å². The van der Waals surface area contributed by atoms with Gasteiger partial charge in [0.25, 0.3) is 5.91 Å². The molecule has 2 heterocycles. The number of hydrogen-bond donors (Lipinski definition) is 2. The molecule has 144 valence electrons. The number of carbonyl (C=O) groups is 1. The van der Waals surface area contributed by atoms with Gasteiger partial charge in [-0.1, -0.05) is 12.8 Å². The van der Waals surface area contributed by atoms with Crippen LogP contribution in [0.4, 0.5) is 0 Å². The van der Waals surface area contributed by atoms with Crippen LogP contribution in [0.1, 0.15) is 25.7 Å². The molecular formula is C18H21N3O5S. The third kappa shape index (κ3) is 4.44. The van der Waals surface area contributed by atoms with E-state index in [0.29, 0.717) is 24.3 Å². The highest BCUT2D eigenvalue weighted by Crippen LogP contribution is 2.27. The van der Waals surface area contributed by atoms with E-state index < -0.39 is 22.0 Å². The molecule has 1 fully saturated rings. The van der Waals surface area contributed by atoms with Crippen LogP contribution in [0.15, 0.2) is 53.7 Å². The number of hydrogen-bond acceptors (Lipinski definition) is 6. The fraction of sp³-hybridized carbons (Fsp3) is 0.333. The lowest BCUT2D eigenvalue weighted by molar-refractivity contribution is -0.133. The maximum atomic E-state index is 13.1. The van der Waals surface area contributed by atoms with Gasteiger partial charge in [-0.05, 0) is 49.2 Å². The highest BCUT2D eigenvalue weighted by Gasteiger charge is 2.36. The molecule has 1 atom stereocenters. The van der Waals surface area contributed by atoms with Crippen LogP contribution in [0.2, 0.25) is 0 Å². The van der Waals surface area contributed by atoms with Gasteiger partial charge in [-0.3, -0.25) is 15.0 Å². The fourth-order valence-electron chi connectivity index (χ4n) is 3.06. The summed E-state index contributed by atoms with van der Waals surface area (Å²) in [7, 11) is -3.88. The molecule has 1 saturated heterocycles. The molecular weight excluding hydrogens is 370 g/mol. The number of ether oxygens (including phenoxy) is 1. The van der Waals surface area contributed by atoms with Crippen LogP contribution in [0.5, 0.6) is 11.5 Å². The largest absolute Gasteiger partial charge is 0.457 e. The summed E-state index contributed by atoms with van der Waals surface area (Å²) in [6.45, 7) is 0.232. The van der Waals surface area contributed by atoms with Crippen LogP contribution in [0, 0.1) is 0 Å². The minimum absolute atomic E-state index is 0.0715. The van der Waals surface area contributed by atoms with Gasteiger partial charge in [0.1, 0.15) is 17.5 Å². The van der Waals surface area contributed by atoms with Gasteiger partial charge in [-0.2, -0.15) is 4.31 Å². The number of nitrogens with zero attached hydrogens (tertiary/aromatic N) is 2. The molecule has 1 aromatic heterocycles. The minimum atomic E-state index is -3.88. The topological polar surface area (TPSA) is 109 Å². The molecule has 3 rings (SSSR count). The van der Waals surface area contributed by atoms with Gasteiger partial charge in [0.2, 0.25) is 10.0 Å². The monoisotopic (exact) mass is 391 g/mol. The van der Waals surface area contributed by atoms with Crippen LogP contribution in [0.25, 0.3) is 0 Å². The number of benzene rings is 1. The van der Waals surface area contributed by atoms with Gasteiger partial charge >= 0.3 is 0 Å². The number of aromatic nitrogens is 1. The fourth-order valence-corrected chi connectivity index (χ4v) is 4.72. The molecule has 1 aliphatic rings. The van der Waals surface area contributed by atoms with Gasteiger partial charge in [-0.15, -0.1) is 0 Å². The summed E-state index contributed by atoms with van der Waals surface area (Å²) in [5.74, 6) is 0.367. The van der Waals surface area contributed by atoms with Crippen molar-refractivity contribution in [2.75, 3.05) is 6.54 Å². The van der Waals surface area contributed by atoms with Crippen LogP contribution in [-0.2, 0) is 14.8 Å². The van der Waals surface area contributed by atoms with Crippen molar-refractivity contribution in [2.45, 2.75) is 36.6 Å². The summed E-state index contributed by atoms with van der Waals surface area (Å²) in [4.78, 5) is 16.0. The standard InChI is InChI=1S/C18H21N3O5S/c22-18(20-23)17-4-2-1-3-13-21(17)27(24,25)16-7-5-14(6-8-16)26-15-9-11-19-12-10-15/h5-12,17,23H,1-4,13H2,(H,20,22)/t17-/m1/s1. The number of nitrogens with one attached hydrogen (secondary N) is 1. The van der Waals surface area contributed by atoms with E-state index in [-0.39, 0.29) is 11.4 Å². The Labute approximate surface area is 157 Å². The van der Waals surface area contributed by atoms with E-state index in [0.717, 1.165) is 12.8 Å². The average Bonchev–Trinajstić information content (AvgIpc) is 2.95. The number of sulfonamides is 1. The Kier molecular flexibility index (Phi) is 6.04. The molecule has 27 heavy (non-hydrogen) atoms. The lowest BCUT2D eigenvalue weighted by Crippen LogP contribution is -2.48. The van der Waals surface area contributed by atoms with Crippen LogP contribution < -0.4 is 10.2 Å². The third-order valence-electron chi connectivity index (χ3n) is 4.43. The summed E-state index contributed by atoms with van der Waals surface area (Å²) in [5.41, 5.74) is 1.58. The second-order valence-electron chi connectivity index (χ2n) is 6.21. The molecule has 0 bridgehead atoms. The average molecular weight is 391 g/mol. The minimum Gasteiger partial charge on any atom is -0.457 e. The number of pyridine rings is 1. The van der Waals surface area contributed by atoms with Crippen LogP contribution >= 0.6 is 0 Å². The van der Waals surface area contributed by atoms with Crippen molar-refractivity contribution in [1.82, 2.24) is 14.8 Å². The first-order chi connectivity index (χ1) is 13.0. The number of carbonyl (C=O) groups excluding carboxylic acids is 1. The second-order valence-corrected chi connectivity index (χ2v) is 8.10. The van der Waals surface area contributed by atoms with E-state index >= 15 is 0 Å². The predicted octanol–water partition coefficient (Wildman–Crippen LogP) is 2.31. The SMILES string of the molecule is O=C(NO)[C@H]1CCCCCN1S(=O)(=O)c1ccc(Oc2ccncc2)cc1. The summed E-state index contributed by atoms with van der Waals surface area (Å²) < 4.78 is 32.9. The molecule has 1 aliphatic heterocycles. The number of rotatable bonds is 5. The van der Waals surface area contributed by atoms with E-state index in [2.05, 4.69) is 4.98 Å². The second kappa shape index (κ2) is 8.47. The smallest absolute Gasteiger partial charge is 0.261 e. The Morgan fingerprint density at radius 2 is 1.74 bits per heavy atom. The summed E-state index contributed by atoms with van der Waals surface area (Å²) in [6, 6.07) is 8.49. The zero-order valence-corrected chi connectivity index (χ0v) is 15.4. The van der Waals surface area contributed by atoms with E-state index in [1.54, 1.807) is 42.1 Å². The van der Waals surface area contributed by atoms with Crippen LogP contribution in [-0.4, -0.2) is 41.4 Å². The van der Waals surface area contributed by atoms with Crippen molar-refractivity contribution >= 4 is 15.9 Å². The van der Waals surface area contributed by atoms with Crippen molar-refractivity contribution in [2.24, 2.45) is 0 Å². The van der Waals surface area contributed by atoms with Gasteiger partial charge in [0.15, 0.2) is 0 Å². The van der Waals surface area contributed by atoms with Gasteiger partial charge < -0.3 is 4.74 Å². The molecule has 0 spiro atoms. The van der Waals surface area contributed by atoms with E-state index in [1.807, 2.05) is 0 Å². The van der Waals surface area contributed by atoms with Crippen molar-refractivity contribution < 1.29 is 23.2 Å². The lowest BCUT2D eigenvalue weighted by atomic mass is 10.1. The molecule has 9 heteroatoms. The molecule has 2 aromatic rings. The summed E-state index contributed by atoms with van der Waals surface area (Å²) in [5, 5.41) is 8.97. The van der Waals surface area contributed by atoms with Gasteiger partial charge in [-0.25, -0.2) is 13.9 Å². The molecule has 0 radical (unpaired) electrons. The molecule has 1 amide bonds. The zero-order chi connectivity index (χ0) is 19.3. The first-order valence-corrected chi connectivity index (χ1v) is 10.1. The Bertz CT molecular complexity index is 872. The molecule has 2 N–H and O–H groups in total. The maximum Gasteiger partial charge on any atom is 0.261 e. The molecule has 1 aromatic carbocycles. The first-order valence-electron chi connectivity index (χ1n) is 8.66. The number of hydroxylamine groups is 1. The molecule has 0 unspecified atom stereocenters. The Hall–Kier alpha value is -2.49. The normalized spacial score (nSPS) is 18.5. The van der Waals surface area contributed by atoms with Gasteiger partial charge in [0.05, 0.1) is 4.90 Å². The van der Waals surface area contributed by atoms with Crippen molar-refractivity contribution in [3.05, 3.63) is 48.8 Å². The van der Waals surface area contributed by atoms with Crippen LogP contribution in [0.3, 0.4) is 0 Å². The third-order valence-corrected chi connectivity index (χ3v) is 6.35.